The van der Waals surface area contributed by atoms with E-state index in [4.69, 9.17) is 5.73 Å². The van der Waals surface area contributed by atoms with Gasteiger partial charge in [-0.2, -0.15) is 0 Å². The lowest BCUT2D eigenvalue weighted by atomic mass is 10.2. The van der Waals surface area contributed by atoms with E-state index in [9.17, 15) is 8.42 Å². The van der Waals surface area contributed by atoms with Crippen molar-refractivity contribution in [2.45, 2.75) is 32.7 Å². The highest BCUT2D eigenvalue weighted by Gasteiger charge is 2.12. The van der Waals surface area contributed by atoms with Gasteiger partial charge in [-0.3, -0.25) is 0 Å². The summed E-state index contributed by atoms with van der Waals surface area (Å²) in [5.74, 6) is 0.133. The molecule has 0 aliphatic rings. The molecule has 0 bridgehead atoms. The Labute approximate surface area is 74.6 Å². The largest absolute Gasteiger partial charge is 0.330 e. The number of nitrogens with two attached hydrogens (primary N) is 1. The zero-order valence-electron chi connectivity index (χ0n) is 7.71. The van der Waals surface area contributed by atoms with Crippen molar-refractivity contribution in [3.05, 3.63) is 0 Å². The van der Waals surface area contributed by atoms with E-state index in [-0.39, 0.29) is 11.8 Å². The van der Waals surface area contributed by atoms with Crippen molar-refractivity contribution in [3.8, 4) is 0 Å². The maximum atomic E-state index is 11.1. The van der Waals surface area contributed by atoms with Crippen molar-refractivity contribution in [3.63, 3.8) is 0 Å². The first kappa shape index (κ1) is 11.9. The molecule has 0 aromatic rings. The van der Waals surface area contributed by atoms with Gasteiger partial charge in [0.15, 0.2) is 0 Å². The van der Waals surface area contributed by atoms with E-state index in [0.29, 0.717) is 13.0 Å². The van der Waals surface area contributed by atoms with Crippen molar-refractivity contribution in [1.29, 1.82) is 0 Å². The summed E-state index contributed by atoms with van der Waals surface area (Å²) in [6.07, 6.45) is 1.49. The van der Waals surface area contributed by atoms with Crippen LogP contribution < -0.4 is 10.5 Å². The molecule has 0 rings (SSSR count). The summed E-state index contributed by atoms with van der Waals surface area (Å²) in [5.41, 5.74) is 5.33. The Morgan fingerprint density at radius 1 is 1.42 bits per heavy atom. The molecule has 4 nitrogen and oxygen atoms in total. The Morgan fingerprint density at radius 3 is 2.33 bits per heavy atom. The molecule has 0 fully saturated rings. The highest BCUT2D eigenvalue weighted by atomic mass is 32.2. The third kappa shape index (κ3) is 4.69. The highest BCUT2D eigenvalue weighted by molar-refractivity contribution is 7.89. The quantitative estimate of drug-likeness (QED) is 0.627. The van der Waals surface area contributed by atoms with Crippen molar-refractivity contribution in [2.75, 3.05) is 12.3 Å². The fourth-order valence-corrected chi connectivity index (χ4v) is 1.84. The first-order chi connectivity index (χ1) is 5.55. The topological polar surface area (TPSA) is 72.2 Å². The molecule has 5 heteroatoms. The van der Waals surface area contributed by atoms with E-state index in [0.717, 1.165) is 6.42 Å². The molecule has 0 saturated heterocycles. The average molecular weight is 194 g/mol. The molecule has 0 amide bonds. The molecular formula is C7H18N2O2S. The number of hydrogen-bond acceptors (Lipinski definition) is 3. The maximum Gasteiger partial charge on any atom is 0.211 e. The minimum Gasteiger partial charge on any atom is -0.330 e. The maximum absolute atomic E-state index is 11.1. The van der Waals surface area contributed by atoms with E-state index in [1.807, 2.05) is 6.92 Å². The van der Waals surface area contributed by atoms with Crippen LogP contribution in [0.2, 0.25) is 0 Å². The van der Waals surface area contributed by atoms with E-state index < -0.39 is 10.0 Å². The smallest absolute Gasteiger partial charge is 0.211 e. The Morgan fingerprint density at radius 2 is 2.00 bits per heavy atom. The predicted molar refractivity (Wildman–Crippen MR) is 50.3 cm³/mol. The molecule has 0 heterocycles. The minimum absolute atomic E-state index is 0.0000463. The lowest BCUT2D eigenvalue weighted by Crippen LogP contribution is -2.36. The highest BCUT2D eigenvalue weighted by Crippen LogP contribution is 1.98. The van der Waals surface area contributed by atoms with Gasteiger partial charge >= 0.3 is 0 Å². The van der Waals surface area contributed by atoms with Crippen LogP contribution in [0.15, 0.2) is 0 Å². The molecule has 0 aromatic heterocycles. The van der Waals surface area contributed by atoms with Gasteiger partial charge in [0, 0.05) is 6.04 Å². The lowest BCUT2D eigenvalue weighted by Gasteiger charge is -2.14. The Bertz CT molecular complexity index is 201. The fraction of sp³-hybridized carbons (Fsp3) is 1.00. The summed E-state index contributed by atoms with van der Waals surface area (Å²) >= 11 is 0. The van der Waals surface area contributed by atoms with Crippen LogP contribution in [0.25, 0.3) is 0 Å². The molecule has 0 radical (unpaired) electrons. The monoisotopic (exact) mass is 194 g/mol. The average Bonchev–Trinajstić information content (AvgIpc) is 2.03. The molecule has 12 heavy (non-hydrogen) atoms. The summed E-state index contributed by atoms with van der Waals surface area (Å²) in [5, 5.41) is 0. The second-order valence-electron chi connectivity index (χ2n) is 2.70. The van der Waals surface area contributed by atoms with Crippen LogP contribution in [0, 0.1) is 0 Å². The van der Waals surface area contributed by atoms with Crippen LogP contribution in [-0.2, 0) is 10.0 Å². The van der Waals surface area contributed by atoms with E-state index in [2.05, 4.69) is 4.72 Å². The van der Waals surface area contributed by atoms with Crippen molar-refractivity contribution in [1.82, 2.24) is 4.72 Å². The molecule has 1 atom stereocenters. The van der Waals surface area contributed by atoms with Crippen LogP contribution in [-0.4, -0.2) is 26.8 Å². The molecule has 0 aliphatic carbocycles. The van der Waals surface area contributed by atoms with Crippen LogP contribution in [0.4, 0.5) is 0 Å². The third-order valence-corrected chi connectivity index (χ3v) is 3.19. The number of rotatable bonds is 6. The van der Waals surface area contributed by atoms with Crippen molar-refractivity contribution < 1.29 is 8.42 Å². The Kier molecular flexibility index (Phi) is 5.44. The minimum atomic E-state index is -3.06. The molecule has 74 valence electrons. The van der Waals surface area contributed by atoms with Gasteiger partial charge in [0.25, 0.3) is 0 Å². The number of nitrogens with one attached hydrogen (secondary N) is 1. The van der Waals surface area contributed by atoms with Crippen LogP contribution in [0.5, 0.6) is 0 Å². The van der Waals surface area contributed by atoms with Crippen LogP contribution in [0.1, 0.15) is 26.7 Å². The molecule has 3 N–H and O–H groups in total. The fourth-order valence-electron chi connectivity index (χ4n) is 0.885. The summed E-state index contributed by atoms with van der Waals surface area (Å²) in [6, 6.07) is -0.0000463. The Hall–Kier alpha value is -0.130. The molecular weight excluding hydrogens is 176 g/mol. The first-order valence-corrected chi connectivity index (χ1v) is 5.91. The van der Waals surface area contributed by atoms with Gasteiger partial charge in [-0.1, -0.05) is 6.92 Å². The SMILES string of the molecule is CCC(CCN)NS(=O)(=O)CC. The molecule has 0 aromatic carbocycles. The zero-order valence-corrected chi connectivity index (χ0v) is 8.52. The van der Waals surface area contributed by atoms with Crippen molar-refractivity contribution in [2.24, 2.45) is 5.73 Å². The van der Waals surface area contributed by atoms with E-state index in [1.165, 1.54) is 0 Å². The predicted octanol–water partition coefficient (Wildman–Crippen LogP) is 0.0531. The van der Waals surface area contributed by atoms with Gasteiger partial charge in [-0.15, -0.1) is 0 Å². The molecule has 0 aliphatic heterocycles. The van der Waals surface area contributed by atoms with E-state index >= 15 is 0 Å². The number of hydrogen-bond donors (Lipinski definition) is 2. The first-order valence-electron chi connectivity index (χ1n) is 4.25. The standard InChI is InChI=1S/C7H18N2O2S/c1-3-7(5-6-8)9-12(10,11)4-2/h7,9H,3-6,8H2,1-2H3. The van der Waals surface area contributed by atoms with E-state index in [1.54, 1.807) is 6.92 Å². The summed E-state index contributed by atoms with van der Waals surface area (Å²) in [7, 11) is -3.06. The number of sulfonamides is 1. The summed E-state index contributed by atoms with van der Waals surface area (Å²) < 4.78 is 24.8. The van der Waals surface area contributed by atoms with Gasteiger partial charge in [0.1, 0.15) is 0 Å². The van der Waals surface area contributed by atoms with Crippen molar-refractivity contribution >= 4 is 10.0 Å². The lowest BCUT2D eigenvalue weighted by molar-refractivity contribution is 0.521. The molecule has 0 saturated carbocycles. The third-order valence-electron chi connectivity index (χ3n) is 1.73. The van der Waals surface area contributed by atoms with Gasteiger partial charge in [-0.25, -0.2) is 13.1 Å². The normalized spacial score (nSPS) is 14.6. The molecule has 0 spiro atoms. The van der Waals surface area contributed by atoms with Crippen LogP contribution in [0.3, 0.4) is 0 Å². The van der Waals surface area contributed by atoms with Gasteiger partial charge < -0.3 is 5.73 Å². The Balaban J connectivity index is 4.02. The summed E-state index contributed by atoms with van der Waals surface area (Å²) in [4.78, 5) is 0. The summed E-state index contributed by atoms with van der Waals surface area (Å²) in [6.45, 7) is 4.08. The van der Waals surface area contributed by atoms with Crippen LogP contribution >= 0.6 is 0 Å². The van der Waals surface area contributed by atoms with Gasteiger partial charge in [0.2, 0.25) is 10.0 Å². The second-order valence-corrected chi connectivity index (χ2v) is 4.75. The van der Waals surface area contributed by atoms with Gasteiger partial charge in [-0.05, 0) is 26.3 Å². The second kappa shape index (κ2) is 5.50. The molecule has 1 unspecified atom stereocenters. The van der Waals surface area contributed by atoms with Gasteiger partial charge in [0.05, 0.1) is 5.75 Å². The zero-order chi connectivity index (χ0) is 9.61.